The Morgan fingerprint density at radius 3 is 2.53 bits per heavy atom. The van der Waals surface area contributed by atoms with Gasteiger partial charge in [-0.05, 0) is 59.5 Å². The fourth-order valence-electron chi connectivity index (χ4n) is 7.59. The first-order chi connectivity index (χ1) is 22.0. The highest BCUT2D eigenvalue weighted by atomic mass is 16.5. The van der Waals surface area contributed by atoms with E-state index in [0.717, 1.165) is 22.9 Å². The third-order valence-corrected chi connectivity index (χ3v) is 9.40. The van der Waals surface area contributed by atoms with Gasteiger partial charge in [-0.1, -0.05) is 79.7 Å². The zero-order valence-corrected chi connectivity index (χ0v) is 24.6. The number of Topliss-reactive ketones (excluding diaryl/α,β-unsaturated/α-hetero) is 2. The second-order valence-corrected chi connectivity index (χ2v) is 11.8. The van der Waals surface area contributed by atoms with Crippen molar-refractivity contribution in [3.05, 3.63) is 137 Å². The summed E-state index contributed by atoms with van der Waals surface area (Å²) in [6, 6.07) is 29.9. The first-order valence-electron chi connectivity index (χ1n) is 15.3. The van der Waals surface area contributed by atoms with Crippen LogP contribution in [0.5, 0.6) is 5.75 Å². The number of ketones is 2. The number of hydrogen-bond acceptors (Lipinski definition) is 6. The summed E-state index contributed by atoms with van der Waals surface area (Å²) in [6.07, 6.45) is 4.59. The number of para-hydroxylation sites is 3. The van der Waals surface area contributed by atoms with Crippen LogP contribution < -0.4 is 10.1 Å². The zero-order valence-electron chi connectivity index (χ0n) is 24.6. The van der Waals surface area contributed by atoms with Crippen molar-refractivity contribution >= 4 is 40.2 Å². The lowest BCUT2D eigenvalue weighted by Crippen LogP contribution is -2.49. The number of ether oxygens (including phenoxy) is 1. The Morgan fingerprint density at radius 2 is 1.67 bits per heavy atom. The molecule has 8 rings (SSSR count). The van der Waals surface area contributed by atoms with E-state index in [1.807, 2.05) is 96.9 Å². The second-order valence-electron chi connectivity index (χ2n) is 11.8. The van der Waals surface area contributed by atoms with Crippen LogP contribution in [0.25, 0.3) is 17.0 Å². The van der Waals surface area contributed by atoms with Crippen molar-refractivity contribution in [2.45, 2.75) is 30.8 Å². The monoisotopic (exact) mass is 594 g/mol. The smallest absolute Gasteiger partial charge is 0.238 e. The Hall–Kier alpha value is -5.43. The molecule has 4 aromatic carbocycles. The van der Waals surface area contributed by atoms with E-state index in [2.05, 4.69) is 5.32 Å². The predicted molar refractivity (Wildman–Crippen MR) is 171 cm³/mol. The lowest BCUT2D eigenvalue weighted by molar-refractivity contribution is -0.122. The van der Waals surface area contributed by atoms with E-state index < -0.39 is 29.2 Å². The molecule has 1 N–H and O–H groups in total. The molecule has 4 heterocycles. The molecular weight excluding hydrogens is 564 g/mol. The highest BCUT2D eigenvalue weighted by molar-refractivity contribution is 6.17. The minimum Gasteiger partial charge on any atom is -0.493 e. The van der Waals surface area contributed by atoms with E-state index in [4.69, 9.17) is 9.15 Å². The summed E-state index contributed by atoms with van der Waals surface area (Å²) in [5.41, 5.74) is 2.63. The van der Waals surface area contributed by atoms with Gasteiger partial charge >= 0.3 is 0 Å². The number of benzene rings is 4. The van der Waals surface area contributed by atoms with Gasteiger partial charge in [0.05, 0.1) is 24.1 Å². The lowest BCUT2D eigenvalue weighted by Gasteiger charge is -2.38. The minimum absolute atomic E-state index is 0.114. The predicted octanol–water partition coefficient (Wildman–Crippen LogP) is 7.20. The van der Waals surface area contributed by atoms with Crippen molar-refractivity contribution in [3.63, 3.8) is 0 Å². The van der Waals surface area contributed by atoms with Gasteiger partial charge in [-0.2, -0.15) is 0 Å². The molecule has 3 aliphatic rings. The molecule has 7 nitrogen and oxygen atoms in total. The van der Waals surface area contributed by atoms with Crippen LogP contribution in [-0.2, 0) is 10.2 Å². The van der Waals surface area contributed by atoms with Crippen LogP contribution in [0.15, 0.2) is 114 Å². The SMILES string of the molecule is CCCOc1ccccc1C(=O)[C@H]1[C@@H](C(=O)c2cc3ccccc3o2)[C@]2(C(=O)Nc3ccccc32)[C@H]2c3ccccc3C=CN12. The number of nitrogens with zero attached hydrogens (tertiary/aromatic N) is 1. The molecule has 1 aromatic heterocycles. The molecule has 0 aliphatic carbocycles. The lowest BCUT2D eigenvalue weighted by atomic mass is 9.63. The Balaban J connectivity index is 1.41. The molecule has 4 atom stereocenters. The largest absolute Gasteiger partial charge is 0.493 e. The average Bonchev–Trinajstić information content (AvgIpc) is 3.74. The summed E-state index contributed by atoms with van der Waals surface area (Å²) in [6.45, 7) is 2.44. The Labute approximate surface area is 260 Å². The van der Waals surface area contributed by atoms with Crippen molar-refractivity contribution in [2.24, 2.45) is 5.92 Å². The summed E-state index contributed by atoms with van der Waals surface area (Å²) in [5, 5.41) is 3.86. The highest BCUT2D eigenvalue weighted by Gasteiger charge is 2.71. The Morgan fingerprint density at radius 1 is 0.911 bits per heavy atom. The van der Waals surface area contributed by atoms with Gasteiger partial charge in [0.15, 0.2) is 11.5 Å². The number of carbonyl (C=O) groups excluding carboxylic acids is 3. The Kier molecular flexibility index (Phi) is 6.24. The third-order valence-electron chi connectivity index (χ3n) is 9.40. The molecule has 1 fully saturated rings. The molecule has 3 aliphatic heterocycles. The summed E-state index contributed by atoms with van der Waals surface area (Å²) in [5.74, 6) is -1.57. The molecule has 1 spiro atoms. The minimum atomic E-state index is -1.44. The number of furan rings is 1. The molecule has 0 bridgehead atoms. The fourth-order valence-corrected chi connectivity index (χ4v) is 7.59. The van der Waals surface area contributed by atoms with Gasteiger partial charge in [0.1, 0.15) is 22.8 Å². The van der Waals surface area contributed by atoms with Crippen molar-refractivity contribution in [3.8, 4) is 5.75 Å². The summed E-state index contributed by atoms with van der Waals surface area (Å²) in [7, 11) is 0. The number of amides is 1. The van der Waals surface area contributed by atoms with Gasteiger partial charge in [-0.3, -0.25) is 14.4 Å². The van der Waals surface area contributed by atoms with Gasteiger partial charge in [-0.15, -0.1) is 0 Å². The molecule has 0 unspecified atom stereocenters. The number of hydrogen-bond donors (Lipinski definition) is 1. The van der Waals surface area contributed by atoms with E-state index in [1.54, 1.807) is 30.3 Å². The van der Waals surface area contributed by atoms with Crippen LogP contribution >= 0.6 is 0 Å². The number of fused-ring (bicyclic) bond motifs is 7. The van der Waals surface area contributed by atoms with Crippen molar-refractivity contribution < 1.29 is 23.5 Å². The van der Waals surface area contributed by atoms with E-state index in [-0.39, 0.29) is 17.5 Å². The van der Waals surface area contributed by atoms with Gasteiger partial charge in [0, 0.05) is 17.3 Å². The maximum atomic E-state index is 15.1. The van der Waals surface area contributed by atoms with Crippen LogP contribution in [0.1, 0.15) is 57.0 Å². The average molecular weight is 595 g/mol. The van der Waals surface area contributed by atoms with Crippen molar-refractivity contribution in [2.75, 3.05) is 11.9 Å². The van der Waals surface area contributed by atoms with Crippen LogP contribution in [0, 0.1) is 5.92 Å². The molecule has 222 valence electrons. The first kappa shape index (κ1) is 27.1. The topological polar surface area (TPSA) is 88.9 Å². The number of anilines is 1. The molecule has 0 radical (unpaired) electrons. The standard InChI is InChI=1S/C38H30N2O5/c1-2-21-44-30-18-10-6-14-26(30)34(41)33-32(35(42)31-22-24-12-4-9-17-29(24)45-31)38(27-15-7-8-16-28(27)39-37(38)43)36-25-13-5-3-11-23(25)19-20-40(33)36/h3-20,22,32-33,36H,2,21H2,1H3,(H,39,43)/t32-,33+,36+,38-/m0/s1. The maximum Gasteiger partial charge on any atom is 0.238 e. The summed E-state index contributed by atoms with van der Waals surface area (Å²) >= 11 is 0. The zero-order chi connectivity index (χ0) is 30.7. The maximum absolute atomic E-state index is 15.1. The van der Waals surface area contributed by atoms with Gasteiger partial charge in [0.2, 0.25) is 11.7 Å². The normalized spacial score (nSPS) is 22.6. The first-order valence-corrected chi connectivity index (χ1v) is 15.3. The Bertz CT molecular complexity index is 2010. The molecule has 1 amide bonds. The van der Waals surface area contributed by atoms with Crippen LogP contribution in [0.2, 0.25) is 0 Å². The fraction of sp³-hybridized carbons (Fsp3) is 0.184. The number of carbonyl (C=O) groups is 3. The highest BCUT2D eigenvalue weighted by Crippen LogP contribution is 2.62. The van der Waals surface area contributed by atoms with Gasteiger partial charge in [-0.25, -0.2) is 0 Å². The van der Waals surface area contributed by atoms with Crippen LogP contribution in [0.4, 0.5) is 5.69 Å². The number of nitrogens with one attached hydrogen (secondary N) is 1. The van der Waals surface area contributed by atoms with Crippen LogP contribution in [-0.4, -0.2) is 35.0 Å². The summed E-state index contributed by atoms with van der Waals surface area (Å²) < 4.78 is 12.2. The molecule has 0 saturated carbocycles. The van der Waals surface area contributed by atoms with Gasteiger partial charge in [0.25, 0.3) is 0 Å². The second kappa shape index (κ2) is 10.3. The van der Waals surface area contributed by atoms with Crippen molar-refractivity contribution in [1.82, 2.24) is 4.90 Å². The van der Waals surface area contributed by atoms with Crippen LogP contribution in [0.3, 0.4) is 0 Å². The molecule has 7 heteroatoms. The third kappa shape index (κ3) is 3.86. The number of rotatable bonds is 7. The molecule has 5 aromatic rings. The molecule has 1 saturated heterocycles. The van der Waals surface area contributed by atoms with Gasteiger partial charge < -0.3 is 19.4 Å². The van der Waals surface area contributed by atoms with E-state index in [1.165, 1.54) is 0 Å². The van der Waals surface area contributed by atoms with E-state index in [0.29, 0.717) is 34.8 Å². The van der Waals surface area contributed by atoms with Crippen molar-refractivity contribution in [1.29, 1.82) is 0 Å². The summed E-state index contributed by atoms with van der Waals surface area (Å²) in [4.78, 5) is 46.7. The quantitative estimate of drug-likeness (QED) is 0.201. The van der Waals surface area contributed by atoms with E-state index >= 15 is 9.59 Å². The molecule has 45 heavy (non-hydrogen) atoms. The molecular formula is C38H30N2O5. The van der Waals surface area contributed by atoms with E-state index in [9.17, 15) is 4.79 Å².